The summed E-state index contributed by atoms with van der Waals surface area (Å²) in [5.74, 6) is 0.530. The number of hydrogen-bond acceptors (Lipinski definition) is 4. The van der Waals surface area contributed by atoms with Gasteiger partial charge in [-0.15, -0.1) is 0 Å². The smallest absolute Gasteiger partial charge is 0.243 e. The van der Waals surface area contributed by atoms with Crippen molar-refractivity contribution in [2.45, 2.75) is 31.3 Å². The summed E-state index contributed by atoms with van der Waals surface area (Å²) >= 11 is 6.04. The van der Waals surface area contributed by atoms with Gasteiger partial charge in [-0.25, -0.2) is 8.42 Å². The van der Waals surface area contributed by atoms with Crippen LogP contribution < -0.4 is 4.74 Å². The number of ether oxygens (including phenoxy) is 1. The van der Waals surface area contributed by atoms with Gasteiger partial charge in [0.15, 0.2) is 0 Å². The Hall–Kier alpha value is -1.63. The summed E-state index contributed by atoms with van der Waals surface area (Å²) in [7, 11) is -3.52. The monoisotopic (exact) mass is 366 g/mol. The van der Waals surface area contributed by atoms with Gasteiger partial charge in [-0.2, -0.15) is 4.31 Å². The second-order valence-corrected chi connectivity index (χ2v) is 8.28. The van der Waals surface area contributed by atoms with E-state index in [2.05, 4.69) is 4.98 Å². The molecule has 1 saturated heterocycles. The molecular weight excluding hydrogens is 348 g/mol. The summed E-state index contributed by atoms with van der Waals surface area (Å²) in [5, 5.41) is 0.424. The Labute approximate surface area is 147 Å². The van der Waals surface area contributed by atoms with E-state index in [0.29, 0.717) is 35.2 Å². The molecule has 2 heterocycles. The molecule has 1 aromatic carbocycles. The van der Waals surface area contributed by atoms with E-state index in [1.54, 1.807) is 18.3 Å². The largest absolute Gasteiger partial charge is 0.487 e. The van der Waals surface area contributed by atoms with Gasteiger partial charge in [0, 0.05) is 25.0 Å². The molecule has 0 bridgehead atoms. The second kappa shape index (κ2) is 6.70. The molecule has 0 unspecified atom stereocenters. The number of nitrogens with zero attached hydrogens (tertiary/aromatic N) is 2. The highest BCUT2D eigenvalue weighted by Gasteiger charge is 2.34. The molecule has 0 N–H and O–H groups in total. The summed E-state index contributed by atoms with van der Waals surface area (Å²) in [6.45, 7) is 4.45. The Kier molecular flexibility index (Phi) is 4.80. The predicted molar refractivity (Wildman–Crippen MR) is 93.0 cm³/mol. The standard InChI is InChI=1S/C17H19ClN2O3S/c1-12-3-4-13(2)17(9-12)24(21,22)20-8-6-14(11-20)23-16-5-7-19-10-15(16)18/h3-5,7,9-10,14H,6,8,11H2,1-2H3/t14-/m0/s1. The van der Waals surface area contributed by atoms with Crippen molar-refractivity contribution in [1.29, 1.82) is 0 Å². The molecule has 1 aromatic heterocycles. The highest BCUT2D eigenvalue weighted by Crippen LogP contribution is 2.29. The molecule has 1 atom stereocenters. The lowest BCUT2D eigenvalue weighted by molar-refractivity contribution is 0.215. The van der Waals surface area contributed by atoms with Crippen molar-refractivity contribution in [1.82, 2.24) is 9.29 Å². The van der Waals surface area contributed by atoms with Crippen molar-refractivity contribution in [3.05, 3.63) is 52.8 Å². The topological polar surface area (TPSA) is 59.5 Å². The summed E-state index contributed by atoms with van der Waals surface area (Å²) in [5.41, 5.74) is 1.68. The molecular formula is C17H19ClN2O3S. The molecule has 3 rings (SSSR count). The molecule has 1 aliphatic heterocycles. The van der Waals surface area contributed by atoms with Crippen LogP contribution in [0.5, 0.6) is 5.75 Å². The van der Waals surface area contributed by atoms with Crippen molar-refractivity contribution in [2.24, 2.45) is 0 Å². The lowest BCUT2D eigenvalue weighted by Gasteiger charge is -2.19. The van der Waals surface area contributed by atoms with Gasteiger partial charge in [0.05, 0.1) is 11.4 Å². The summed E-state index contributed by atoms with van der Waals surface area (Å²) in [6.07, 6.45) is 3.52. The third kappa shape index (κ3) is 3.41. The van der Waals surface area contributed by atoms with Crippen molar-refractivity contribution in [3.8, 4) is 5.75 Å². The van der Waals surface area contributed by atoms with Crippen LogP contribution >= 0.6 is 11.6 Å². The molecule has 24 heavy (non-hydrogen) atoms. The number of pyridine rings is 1. The number of benzene rings is 1. The average molecular weight is 367 g/mol. The van der Waals surface area contributed by atoms with Crippen molar-refractivity contribution in [2.75, 3.05) is 13.1 Å². The number of sulfonamides is 1. The summed E-state index contributed by atoms with van der Waals surface area (Å²) < 4.78 is 33.1. The number of rotatable bonds is 4. The first-order valence-electron chi connectivity index (χ1n) is 7.71. The highest BCUT2D eigenvalue weighted by atomic mass is 35.5. The first-order valence-corrected chi connectivity index (χ1v) is 9.53. The van der Waals surface area contributed by atoms with Gasteiger partial charge in [0.1, 0.15) is 16.9 Å². The molecule has 5 nitrogen and oxygen atoms in total. The molecule has 0 saturated carbocycles. The average Bonchev–Trinajstić information content (AvgIpc) is 3.01. The first kappa shape index (κ1) is 17.2. The van der Waals surface area contributed by atoms with Gasteiger partial charge in [-0.3, -0.25) is 4.98 Å². The number of aryl methyl sites for hydroxylation is 2. The summed E-state index contributed by atoms with van der Waals surface area (Å²) in [4.78, 5) is 4.28. The SMILES string of the molecule is Cc1ccc(C)c(S(=O)(=O)N2CC[C@H](Oc3ccncc3Cl)C2)c1. The first-order chi connectivity index (χ1) is 11.4. The maximum Gasteiger partial charge on any atom is 0.243 e. The van der Waals surface area contributed by atoms with E-state index in [4.69, 9.17) is 16.3 Å². The second-order valence-electron chi connectivity index (χ2n) is 5.97. The zero-order valence-corrected chi connectivity index (χ0v) is 15.1. The number of halogens is 1. The van der Waals surface area contributed by atoms with Crippen LogP contribution in [0.1, 0.15) is 17.5 Å². The molecule has 0 spiro atoms. The van der Waals surface area contributed by atoms with Crippen LogP contribution in [0.25, 0.3) is 0 Å². The van der Waals surface area contributed by atoms with Crippen LogP contribution in [0, 0.1) is 13.8 Å². The maximum absolute atomic E-state index is 12.9. The quantitative estimate of drug-likeness (QED) is 0.833. The molecule has 0 amide bonds. The van der Waals surface area contributed by atoms with Gasteiger partial charge in [-0.05, 0) is 37.5 Å². The minimum absolute atomic E-state index is 0.218. The van der Waals surface area contributed by atoms with E-state index in [0.717, 1.165) is 11.1 Å². The van der Waals surface area contributed by atoms with Crippen LogP contribution in [0.4, 0.5) is 0 Å². The predicted octanol–water partition coefficient (Wildman–Crippen LogP) is 3.19. The molecule has 0 radical (unpaired) electrons. The zero-order valence-electron chi connectivity index (χ0n) is 13.6. The van der Waals surface area contributed by atoms with Crippen molar-refractivity contribution >= 4 is 21.6 Å². The zero-order chi connectivity index (χ0) is 17.3. The Morgan fingerprint density at radius 2 is 2.08 bits per heavy atom. The normalized spacial score (nSPS) is 18.7. The molecule has 0 aliphatic carbocycles. The van der Waals surface area contributed by atoms with E-state index >= 15 is 0 Å². The van der Waals surface area contributed by atoms with Crippen molar-refractivity contribution < 1.29 is 13.2 Å². The maximum atomic E-state index is 12.9. The van der Waals surface area contributed by atoms with Gasteiger partial charge >= 0.3 is 0 Å². The molecule has 7 heteroatoms. The number of hydrogen-bond donors (Lipinski definition) is 0. The Bertz CT molecular complexity index is 855. The molecule has 128 valence electrons. The lowest BCUT2D eigenvalue weighted by Crippen LogP contribution is -2.31. The minimum Gasteiger partial charge on any atom is -0.487 e. The van der Waals surface area contributed by atoms with Gasteiger partial charge in [0.2, 0.25) is 10.0 Å². The van der Waals surface area contributed by atoms with Crippen molar-refractivity contribution in [3.63, 3.8) is 0 Å². The van der Waals surface area contributed by atoms with Gasteiger partial charge in [0.25, 0.3) is 0 Å². The fraction of sp³-hybridized carbons (Fsp3) is 0.353. The molecule has 1 fully saturated rings. The Morgan fingerprint density at radius 1 is 1.29 bits per heavy atom. The third-order valence-corrected chi connectivity index (χ3v) is 6.39. The summed E-state index contributed by atoms with van der Waals surface area (Å²) in [6, 6.07) is 7.15. The molecule has 1 aliphatic rings. The minimum atomic E-state index is -3.52. The number of aromatic nitrogens is 1. The lowest BCUT2D eigenvalue weighted by atomic mass is 10.2. The van der Waals surface area contributed by atoms with E-state index in [9.17, 15) is 8.42 Å². The third-order valence-electron chi connectivity index (χ3n) is 4.10. The van der Waals surface area contributed by atoms with Crippen LogP contribution in [-0.2, 0) is 10.0 Å². The van der Waals surface area contributed by atoms with Crippen LogP contribution in [0.2, 0.25) is 5.02 Å². The van der Waals surface area contributed by atoms with Crippen LogP contribution in [-0.4, -0.2) is 36.9 Å². The van der Waals surface area contributed by atoms with Crippen LogP contribution in [0.15, 0.2) is 41.6 Å². The van der Waals surface area contributed by atoms with Gasteiger partial charge < -0.3 is 4.74 Å². The van der Waals surface area contributed by atoms with Gasteiger partial charge in [-0.1, -0.05) is 23.7 Å². The van der Waals surface area contributed by atoms with E-state index in [-0.39, 0.29) is 6.10 Å². The Morgan fingerprint density at radius 3 is 2.83 bits per heavy atom. The highest BCUT2D eigenvalue weighted by molar-refractivity contribution is 7.89. The fourth-order valence-electron chi connectivity index (χ4n) is 2.77. The van der Waals surface area contributed by atoms with Crippen LogP contribution in [0.3, 0.4) is 0 Å². The van der Waals surface area contributed by atoms with E-state index in [1.807, 2.05) is 26.0 Å². The molecule has 2 aromatic rings. The van der Waals surface area contributed by atoms with E-state index < -0.39 is 10.0 Å². The van der Waals surface area contributed by atoms with E-state index in [1.165, 1.54) is 10.5 Å². The Balaban J connectivity index is 1.77. The fourth-order valence-corrected chi connectivity index (χ4v) is 4.73.